The Kier molecular flexibility index (Phi) is 5.34. The van der Waals surface area contributed by atoms with E-state index in [4.69, 9.17) is 0 Å². The van der Waals surface area contributed by atoms with E-state index < -0.39 is 0 Å². The van der Waals surface area contributed by atoms with Crippen LogP contribution in [0.5, 0.6) is 0 Å². The van der Waals surface area contributed by atoms with Crippen molar-refractivity contribution in [2.75, 3.05) is 19.0 Å². The predicted octanol–water partition coefficient (Wildman–Crippen LogP) is 3.61. The van der Waals surface area contributed by atoms with Crippen LogP contribution < -0.4 is 10.2 Å². The summed E-state index contributed by atoms with van der Waals surface area (Å²) in [4.78, 5) is 2.09. The van der Waals surface area contributed by atoms with Crippen molar-refractivity contribution in [1.82, 2.24) is 5.32 Å². The van der Waals surface area contributed by atoms with Crippen LogP contribution in [0.1, 0.15) is 18.1 Å². The number of rotatable bonds is 6. The second-order valence-corrected chi connectivity index (χ2v) is 5.68. The fraction of sp³-hybridized carbons (Fsp3) is 0.333. The zero-order valence-corrected chi connectivity index (χ0v) is 12.9. The molecule has 2 rings (SSSR count). The van der Waals surface area contributed by atoms with Gasteiger partial charge < -0.3 is 10.2 Å². The average Bonchev–Trinajstić information content (AvgIpc) is 2.45. The predicted molar refractivity (Wildman–Crippen MR) is 87.2 cm³/mol. The van der Waals surface area contributed by atoms with Gasteiger partial charge >= 0.3 is 0 Å². The maximum Gasteiger partial charge on any atom is 0.123 e. The molecule has 0 heterocycles. The first-order chi connectivity index (χ1) is 10.0. The molecular formula is C18H23FN2. The van der Waals surface area contributed by atoms with Gasteiger partial charge in [-0.3, -0.25) is 0 Å². The molecule has 1 unspecified atom stereocenters. The van der Waals surface area contributed by atoms with Crippen molar-refractivity contribution >= 4 is 5.69 Å². The van der Waals surface area contributed by atoms with Crippen LogP contribution in [0.15, 0.2) is 48.5 Å². The van der Waals surface area contributed by atoms with Gasteiger partial charge in [0, 0.05) is 32.4 Å². The van der Waals surface area contributed by atoms with Gasteiger partial charge in [-0.2, -0.15) is 0 Å². The third-order valence-electron chi connectivity index (χ3n) is 3.54. The minimum absolute atomic E-state index is 0.168. The van der Waals surface area contributed by atoms with Crippen LogP contribution in [0.4, 0.5) is 10.1 Å². The van der Waals surface area contributed by atoms with Crippen molar-refractivity contribution in [3.05, 3.63) is 65.5 Å². The van der Waals surface area contributed by atoms with Gasteiger partial charge in [0.25, 0.3) is 0 Å². The van der Waals surface area contributed by atoms with E-state index in [1.165, 1.54) is 17.3 Å². The molecule has 0 spiro atoms. The Hall–Kier alpha value is -1.87. The topological polar surface area (TPSA) is 15.3 Å². The molecule has 0 saturated carbocycles. The number of nitrogens with zero attached hydrogens (tertiary/aromatic N) is 1. The highest BCUT2D eigenvalue weighted by molar-refractivity contribution is 5.45. The second-order valence-electron chi connectivity index (χ2n) is 5.68. The van der Waals surface area contributed by atoms with E-state index in [0.29, 0.717) is 6.04 Å². The van der Waals surface area contributed by atoms with Crippen molar-refractivity contribution in [1.29, 1.82) is 0 Å². The molecule has 0 bridgehead atoms. The SMILES string of the molecule is CC(Cc1cccc(F)c1)NCc1ccc(N(C)C)cc1. The molecule has 21 heavy (non-hydrogen) atoms. The molecule has 2 aromatic rings. The molecule has 1 N–H and O–H groups in total. The van der Waals surface area contributed by atoms with Gasteiger partial charge in [0.2, 0.25) is 0 Å². The highest BCUT2D eigenvalue weighted by Crippen LogP contribution is 2.12. The Bertz CT molecular complexity index is 564. The Morgan fingerprint density at radius 1 is 1.05 bits per heavy atom. The Morgan fingerprint density at radius 2 is 1.76 bits per heavy atom. The van der Waals surface area contributed by atoms with Crippen LogP contribution in [-0.4, -0.2) is 20.1 Å². The maximum absolute atomic E-state index is 13.1. The molecule has 1 atom stereocenters. The number of hydrogen-bond acceptors (Lipinski definition) is 2. The molecule has 3 heteroatoms. The molecule has 0 radical (unpaired) electrons. The van der Waals surface area contributed by atoms with Crippen molar-refractivity contribution in [2.45, 2.75) is 25.9 Å². The lowest BCUT2D eigenvalue weighted by Gasteiger charge is -2.15. The van der Waals surface area contributed by atoms with E-state index in [0.717, 1.165) is 18.5 Å². The molecular weight excluding hydrogens is 263 g/mol. The summed E-state index contributed by atoms with van der Waals surface area (Å²) in [5, 5.41) is 3.48. The van der Waals surface area contributed by atoms with Gasteiger partial charge in [-0.15, -0.1) is 0 Å². The average molecular weight is 286 g/mol. The molecule has 0 fully saturated rings. The quantitative estimate of drug-likeness (QED) is 0.872. The van der Waals surface area contributed by atoms with Crippen LogP contribution in [0.25, 0.3) is 0 Å². The lowest BCUT2D eigenvalue weighted by Crippen LogP contribution is -2.27. The number of nitrogens with one attached hydrogen (secondary N) is 1. The third-order valence-corrected chi connectivity index (χ3v) is 3.54. The molecule has 0 saturated heterocycles. The van der Waals surface area contributed by atoms with Gasteiger partial charge in [-0.1, -0.05) is 24.3 Å². The number of benzene rings is 2. The number of hydrogen-bond donors (Lipinski definition) is 1. The summed E-state index contributed by atoms with van der Waals surface area (Å²) in [6.07, 6.45) is 0.827. The Morgan fingerprint density at radius 3 is 2.38 bits per heavy atom. The monoisotopic (exact) mass is 286 g/mol. The normalized spacial score (nSPS) is 12.2. The maximum atomic E-state index is 13.1. The summed E-state index contributed by atoms with van der Waals surface area (Å²) < 4.78 is 13.1. The summed E-state index contributed by atoms with van der Waals surface area (Å²) in [6, 6.07) is 15.6. The van der Waals surface area contributed by atoms with Crippen molar-refractivity contribution in [2.24, 2.45) is 0 Å². The summed E-state index contributed by atoms with van der Waals surface area (Å²) in [7, 11) is 4.07. The largest absolute Gasteiger partial charge is 0.378 e. The lowest BCUT2D eigenvalue weighted by molar-refractivity contribution is 0.543. The zero-order chi connectivity index (χ0) is 15.2. The first kappa shape index (κ1) is 15.5. The molecule has 2 aromatic carbocycles. The van der Waals surface area contributed by atoms with Gasteiger partial charge in [-0.05, 0) is 48.7 Å². The highest BCUT2D eigenvalue weighted by atomic mass is 19.1. The first-order valence-electron chi connectivity index (χ1n) is 7.28. The molecule has 112 valence electrons. The van der Waals surface area contributed by atoms with Crippen LogP contribution in [0.3, 0.4) is 0 Å². The van der Waals surface area contributed by atoms with E-state index >= 15 is 0 Å². The Labute approximate surface area is 126 Å². The molecule has 0 aliphatic heterocycles. The van der Waals surface area contributed by atoms with Gasteiger partial charge in [0.05, 0.1) is 0 Å². The third kappa shape index (κ3) is 4.87. The van der Waals surface area contributed by atoms with E-state index in [2.05, 4.69) is 41.4 Å². The Balaban J connectivity index is 1.84. The second kappa shape index (κ2) is 7.23. The van der Waals surface area contributed by atoms with Crippen molar-refractivity contribution in [3.63, 3.8) is 0 Å². The molecule has 2 nitrogen and oxygen atoms in total. The van der Waals surface area contributed by atoms with Crippen LogP contribution in [0.2, 0.25) is 0 Å². The van der Waals surface area contributed by atoms with Crippen LogP contribution in [-0.2, 0) is 13.0 Å². The van der Waals surface area contributed by atoms with Gasteiger partial charge in [0.15, 0.2) is 0 Å². The van der Waals surface area contributed by atoms with Crippen molar-refractivity contribution in [3.8, 4) is 0 Å². The van der Waals surface area contributed by atoms with Gasteiger partial charge in [0.1, 0.15) is 5.82 Å². The van der Waals surface area contributed by atoms with E-state index in [1.807, 2.05) is 20.2 Å². The minimum atomic E-state index is -0.168. The molecule has 0 amide bonds. The summed E-state index contributed by atoms with van der Waals surface area (Å²) in [5.41, 5.74) is 3.48. The summed E-state index contributed by atoms with van der Waals surface area (Å²) >= 11 is 0. The number of anilines is 1. The summed E-state index contributed by atoms with van der Waals surface area (Å²) in [5.74, 6) is -0.168. The smallest absolute Gasteiger partial charge is 0.123 e. The number of halogens is 1. The zero-order valence-electron chi connectivity index (χ0n) is 12.9. The summed E-state index contributed by atoms with van der Waals surface area (Å²) in [6.45, 7) is 2.95. The van der Waals surface area contributed by atoms with E-state index in [-0.39, 0.29) is 5.82 Å². The van der Waals surface area contributed by atoms with Gasteiger partial charge in [-0.25, -0.2) is 4.39 Å². The highest BCUT2D eigenvalue weighted by Gasteiger charge is 2.04. The van der Waals surface area contributed by atoms with Crippen LogP contribution in [0, 0.1) is 5.82 Å². The molecule has 0 aliphatic rings. The van der Waals surface area contributed by atoms with E-state index in [1.54, 1.807) is 12.1 Å². The fourth-order valence-electron chi connectivity index (χ4n) is 2.29. The lowest BCUT2D eigenvalue weighted by atomic mass is 10.1. The van der Waals surface area contributed by atoms with Crippen molar-refractivity contribution < 1.29 is 4.39 Å². The molecule has 0 aliphatic carbocycles. The molecule has 0 aromatic heterocycles. The standard InChI is InChI=1S/C18H23FN2/c1-14(11-16-5-4-6-17(19)12-16)20-13-15-7-9-18(10-8-15)21(2)3/h4-10,12,14,20H,11,13H2,1-3H3. The fourth-order valence-corrected chi connectivity index (χ4v) is 2.29. The van der Waals surface area contributed by atoms with Crippen LogP contribution >= 0.6 is 0 Å². The minimum Gasteiger partial charge on any atom is -0.378 e. The van der Waals surface area contributed by atoms with E-state index in [9.17, 15) is 4.39 Å². The first-order valence-corrected chi connectivity index (χ1v) is 7.28.